The zero-order chi connectivity index (χ0) is 13.7. The van der Waals surface area contributed by atoms with Crippen LogP contribution in [-0.2, 0) is 11.2 Å². The Labute approximate surface area is 115 Å². The molecule has 4 nitrogen and oxygen atoms in total. The quantitative estimate of drug-likeness (QED) is 0.815. The molecule has 1 atom stereocenters. The van der Waals surface area contributed by atoms with Gasteiger partial charge in [0.1, 0.15) is 0 Å². The van der Waals surface area contributed by atoms with Gasteiger partial charge in [0.2, 0.25) is 5.91 Å². The normalized spacial score (nSPS) is 12.0. The number of carbonyl (C=O) groups excluding carboxylic acids is 1. The number of nitrogens with two attached hydrogens (primary N) is 1. The van der Waals surface area contributed by atoms with Gasteiger partial charge in [-0.3, -0.25) is 4.79 Å². The average molecular weight is 273 g/mol. The van der Waals surface area contributed by atoms with Crippen LogP contribution in [0.4, 0.5) is 0 Å². The van der Waals surface area contributed by atoms with Crippen molar-refractivity contribution in [1.29, 1.82) is 5.26 Å². The lowest BCUT2D eigenvalue weighted by Crippen LogP contribution is -2.42. The Morgan fingerprint density at radius 1 is 1.47 bits per heavy atom. The molecule has 0 radical (unpaired) electrons. The van der Waals surface area contributed by atoms with Crippen LogP contribution >= 0.6 is 11.3 Å². The van der Waals surface area contributed by atoms with Gasteiger partial charge < -0.3 is 11.1 Å². The van der Waals surface area contributed by atoms with Crippen molar-refractivity contribution < 1.29 is 4.79 Å². The maximum Gasteiger partial charge on any atom is 0.237 e. The van der Waals surface area contributed by atoms with Gasteiger partial charge in [-0.25, -0.2) is 0 Å². The Hall–Kier alpha value is -1.90. The van der Waals surface area contributed by atoms with E-state index in [-0.39, 0.29) is 5.91 Å². The van der Waals surface area contributed by atoms with Gasteiger partial charge >= 0.3 is 0 Å². The number of hydrogen-bond acceptors (Lipinski definition) is 4. The third-order valence-electron chi connectivity index (χ3n) is 2.87. The Balaban J connectivity index is 2.00. The highest BCUT2D eigenvalue weighted by Gasteiger charge is 2.15. The van der Waals surface area contributed by atoms with Crippen molar-refractivity contribution in [2.45, 2.75) is 18.9 Å². The summed E-state index contributed by atoms with van der Waals surface area (Å²) in [4.78, 5) is 11.7. The standard InChI is InChI=1S/C14H15N3OS/c15-6-3-7-17-14(18)12(16)8-10-9-19-13-5-2-1-4-11(10)13/h1-2,4-5,9,12H,3,7-8,16H2,(H,17,18). The number of nitrogens with zero attached hydrogens (tertiary/aromatic N) is 1. The van der Waals surface area contributed by atoms with Gasteiger partial charge in [-0.15, -0.1) is 11.3 Å². The topological polar surface area (TPSA) is 78.9 Å². The third-order valence-corrected chi connectivity index (χ3v) is 3.89. The van der Waals surface area contributed by atoms with Crippen LogP contribution in [0.15, 0.2) is 29.6 Å². The molecule has 0 aliphatic rings. The molecule has 2 aromatic rings. The van der Waals surface area contributed by atoms with Crippen molar-refractivity contribution in [2.75, 3.05) is 6.54 Å². The van der Waals surface area contributed by atoms with Gasteiger partial charge in [0.25, 0.3) is 0 Å². The summed E-state index contributed by atoms with van der Waals surface area (Å²) in [6, 6.07) is 9.49. The van der Waals surface area contributed by atoms with Gasteiger partial charge in [-0.2, -0.15) is 5.26 Å². The molecule has 0 bridgehead atoms. The molecule has 3 N–H and O–H groups in total. The van der Waals surface area contributed by atoms with E-state index in [1.807, 2.05) is 29.6 Å². The van der Waals surface area contributed by atoms with Crippen LogP contribution < -0.4 is 11.1 Å². The lowest BCUT2D eigenvalue weighted by molar-refractivity contribution is -0.122. The van der Waals surface area contributed by atoms with Crippen molar-refractivity contribution in [3.8, 4) is 6.07 Å². The van der Waals surface area contributed by atoms with Crippen LogP contribution in [0.3, 0.4) is 0 Å². The Kier molecular flexibility index (Phi) is 4.50. The first kappa shape index (κ1) is 13.5. The van der Waals surface area contributed by atoms with E-state index in [4.69, 9.17) is 11.0 Å². The second-order valence-corrected chi connectivity index (χ2v) is 5.18. The zero-order valence-corrected chi connectivity index (χ0v) is 11.2. The minimum atomic E-state index is -0.573. The number of carbonyl (C=O) groups is 1. The molecule has 0 aliphatic carbocycles. The number of nitriles is 1. The first-order chi connectivity index (χ1) is 9.22. The first-order valence-electron chi connectivity index (χ1n) is 6.07. The summed E-state index contributed by atoms with van der Waals surface area (Å²) in [7, 11) is 0. The van der Waals surface area contributed by atoms with E-state index in [0.717, 1.165) is 10.9 Å². The number of hydrogen-bond donors (Lipinski definition) is 2. The maximum absolute atomic E-state index is 11.7. The van der Waals surface area contributed by atoms with Crippen molar-refractivity contribution in [2.24, 2.45) is 5.73 Å². The molecule has 0 saturated carbocycles. The summed E-state index contributed by atoms with van der Waals surface area (Å²) in [5, 5.41) is 14.3. The Morgan fingerprint density at radius 2 is 2.26 bits per heavy atom. The monoisotopic (exact) mass is 273 g/mol. The summed E-state index contributed by atoms with van der Waals surface area (Å²) in [6.07, 6.45) is 0.822. The lowest BCUT2D eigenvalue weighted by atomic mass is 10.1. The molecule has 1 aromatic carbocycles. The van der Waals surface area contributed by atoms with E-state index >= 15 is 0 Å². The summed E-state index contributed by atoms with van der Waals surface area (Å²) in [5.41, 5.74) is 6.99. The molecule has 1 amide bonds. The van der Waals surface area contributed by atoms with E-state index in [2.05, 4.69) is 11.4 Å². The molecule has 0 saturated heterocycles. The summed E-state index contributed by atoms with van der Waals surface area (Å²) < 4.78 is 1.20. The first-order valence-corrected chi connectivity index (χ1v) is 6.95. The molecule has 1 heterocycles. The molecule has 5 heteroatoms. The fraction of sp³-hybridized carbons (Fsp3) is 0.286. The van der Waals surface area contributed by atoms with E-state index in [1.165, 1.54) is 4.70 Å². The molecular weight excluding hydrogens is 258 g/mol. The number of benzene rings is 1. The van der Waals surface area contributed by atoms with Crippen molar-refractivity contribution in [3.63, 3.8) is 0 Å². The van der Waals surface area contributed by atoms with Gasteiger partial charge in [0.15, 0.2) is 0 Å². The van der Waals surface area contributed by atoms with Gasteiger partial charge in [-0.1, -0.05) is 18.2 Å². The Bertz CT molecular complexity index is 614. The summed E-state index contributed by atoms with van der Waals surface area (Å²) >= 11 is 1.66. The molecule has 0 fully saturated rings. The van der Waals surface area contributed by atoms with Crippen LogP contribution in [0.1, 0.15) is 12.0 Å². The lowest BCUT2D eigenvalue weighted by Gasteiger charge is -2.10. The number of fused-ring (bicyclic) bond motifs is 1. The van der Waals surface area contributed by atoms with Crippen molar-refractivity contribution in [1.82, 2.24) is 5.32 Å². The van der Waals surface area contributed by atoms with Crippen LogP contribution in [0, 0.1) is 11.3 Å². The number of thiophene rings is 1. The van der Waals surface area contributed by atoms with Gasteiger partial charge in [0.05, 0.1) is 18.5 Å². The predicted octanol–water partition coefficient (Wildman–Crippen LogP) is 1.80. The minimum Gasteiger partial charge on any atom is -0.354 e. The van der Waals surface area contributed by atoms with E-state index < -0.39 is 6.04 Å². The fourth-order valence-electron chi connectivity index (χ4n) is 1.89. The summed E-state index contributed by atoms with van der Waals surface area (Å²) in [6.45, 7) is 0.355. The minimum absolute atomic E-state index is 0.203. The van der Waals surface area contributed by atoms with Crippen molar-refractivity contribution in [3.05, 3.63) is 35.2 Å². The smallest absolute Gasteiger partial charge is 0.237 e. The highest BCUT2D eigenvalue weighted by atomic mass is 32.1. The van der Waals surface area contributed by atoms with Crippen LogP contribution in [-0.4, -0.2) is 18.5 Å². The van der Waals surface area contributed by atoms with Gasteiger partial charge in [0, 0.05) is 11.2 Å². The molecule has 19 heavy (non-hydrogen) atoms. The van der Waals surface area contributed by atoms with Crippen LogP contribution in [0.2, 0.25) is 0 Å². The maximum atomic E-state index is 11.7. The third kappa shape index (κ3) is 3.31. The Morgan fingerprint density at radius 3 is 3.05 bits per heavy atom. The van der Waals surface area contributed by atoms with Crippen LogP contribution in [0.25, 0.3) is 10.1 Å². The average Bonchev–Trinajstić information content (AvgIpc) is 2.82. The largest absolute Gasteiger partial charge is 0.354 e. The van der Waals surface area contributed by atoms with E-state index in [0.29, 0.717) is 19.4 Å². The fourth-order valence-corrected chi connectivity index (χ4v) is 2.87. The molecule has 1 unspecified atom stereocenters. The van der Waals surface area contributed by atoms with E-state index in [9.17, 15) is 4.79 Å². The number of amides is 1. The van der Waals surface area contributed by atoms with E-state index in [1.54, 1.807) is 11.3 Å². The number of rotatable bonds is 5. The number of nitrogens with one attached hydrogen (secondary N) is 1. The van der Waals surface area contributed by atoms with Crippen LogP contribution in [0.5, 0.6) is 0 Å². The molecule has 1 aromatic heterocycles. The molecular formula is C14H15N3OS. The molecule has 0 spiro atoms. The summed E-state index contributed by atoms with van der Waals surface area (Å²) in [5.74, 6) is -0.203. The van der Waals surface area contributed by atoms with Gasteiger partial charge in [-0.05, 0) is 28.8 Å². The second kappa shape index (κ2) is 6.32. The van der Waals surface area contributed by atoms with Crippen molar-refractivity contribution >= 4 is 27.3 Å². The molecule has 98 valence electrons. The SMILES string of the molecule is N#CCCNC(=O)C(N)Cc1csc2ccccc12. The zero-order valence-electron chi connectivity index (χ0n) is 10.4. The highest BCUT2D eigenvalue weighted by molar-refractivity contribution is 7.17. The highest BCUT2D eigenvalue weighted by Crippen LogP contribution is 2.26. The molecule has 0 aliphatic heterocycles. The molecule has 2 rings (SSSR count). The predicted molar refractivity (Wildman–Crippen MR) is 76.7 cm³/mol. The second-order valence-electron chi connectivity index (χ2n) is 4.27.